The number of nitrogens with zero attached hydrogens (tertiary/aromatic N) is 3. The molecule has 0 saturated heterocycles. The number of ether oxygens (including phenoxy) is 1. The smallest absolute Gasteiger partial charge is 0.490 e. The lowest BCUT2D eigenvalue weighted by Crippen LogP contribution is -2.31. The molecule has 82 valence electrons. The molecular weight excluding hydrogens is 209 g/mol. The summed E-state index contributed by atoms with van der Waals surface area (Å²) in [6.45, 7) is 0.242. The van der Waals surface area contributed by atoms with Crippen molar-refractivity contribution in [2.24, 2.45) is 5.11 Å². The van der Waals surface area contributed by atoms with Gasteiger partial charge in [-0.1, -0.05) is 23.3 Å². The molecule has 6 nitrogen and oxygen atoms in total. The van der Waals surface area contributed by atoms with Crippen molar-refractivity contribution in [3.63, 3.8) is 0 Å². The lowest BCUT2D eigenvalue weighted by atomic mass is 9.78. The van der Waals surface area contributed by atoms with E-state index in [4.69, 9.17) is 20.3 Å². The Morgan fingerprint density at radius 3 is 3.06 bits per heavy atom. The molecule has 1 aliphatic heterocycles. The average molecular weight is 219 g/mol. The third-order valence-corrected chi connectivity index (χ3v) is 2.49. The van der Waals surface area contributed by atoms with E-state index < -0.39 is 7.12 Å². The molecule has 16 heavy (non-hydrogen) atoms. The molecule has 0 fully saturated rings. The van der Waals surface area contributed by atoms with E-state index in [-0.39, 0.29) is 12.6 Å². The molecule has 2 N–H and O–H groups in total. The van der Waals surface area contributed by atoms with Crippen LogP contribution in [0.1, 0.15) is 5.56 Å². The number of azide groups is 1. The van der Waals surface area contributed by atoms with Crippen molar-refractivity contribution in [2.75, 3.05) is 6.54 Å². The summed E-state index contributed by atoms with van der Waals surface area (Å²) in [6.07, 6.45) is 0.403. The van der Waals surface area contributed by atoms with E-state index in [1.54, 1.807) is 12.1 Å². The third-order valence-electron chi connectivity index (χ3n) is 2.49. The van der Waals surface area contributed by atoms with Gasteiger partial charge in [0.15, 0.2) is 0 Å². The topological polar surface area (TPSA) is 98.5 Å². The van der Waals surface area contributed by atoms with Crippen LogP contribution >= 0.6 is 0 Å². The van der Waals surface area contributed by atoms with Crippen molar-refractivity contribution in [3.05, 3.63) is 34.2 Å². The fraction of sp³-hybridized carbons (Fsp3) is 0.333. The summed E-state index contributed by atoms with van der Waals surface area (Å²) >= 11 is 0. The normalized spacial score (nSPS) is 17.2. The van der Waals surface area contributed by atoms with E-state index >= 15 is 0 Å². The number of fused-ring (bicyclic) bond motifs is 1. The zero-order chi connectivity index (χ0) is 11.5. The first-order valence-corrected chi connectivity index (χ1v) is 4.88. The van der Waals surface area contributed by atoms with Crippen molar-refractivity contribution < 1.29 is 14.8 Å². The molecule has 1 unspecified atom stereocenters. The molecule has 0 amide bonds. The molecule has 0 radical (unpaired) electrons. The first kappa shape index (κ1) is 10.8. The third kappa shape index (κ3) is 1.97. The van der Waals surface area contributed by atoms with Crippen LogP contribution in [0.4, 0.5) is 0 Å². The molecule has 0 aromatic heterocycles. The maximum atomic E-state index is 9.14. The average Bonchev–Trinajstić information content (AvgIpc) is 2.68. The van der Waals surface area contributed by atoms with E-state index in [0.29, 0.717) is 17.6 Å². The maximum absolute atomic E-state index is 9.14. The minimum absolute atomic E-state index is 0.217. The van der Waals surface area contributed by atoms with Crippen LogP contribution < -0.4 is 10.2 Å². The van der Waals surface area contributed by atoms with E-state index in [1.165, 1.54) is 0 Å². The number of hydrogen-bond acceptors (Lipinski definition) is 4. The SMILES string of the molecule is [N-]=[N+]=NCC1Cc2cccc(B(O)O)c2O1. The highest BCUT2D eigenvalue weighted by Crippen LogP contribution is 2.27. The van der Waals surface area contributed by atoms with Crippen LogP contribution in [0, 0.1) is 0 Å². The summed E-state index contributed by atoms with van der Waals surface area (Å²) in [4.78, 5) is 2.67. The first-order chi connectivity index (χ1) is 7.72. The summed E-state index contributed by atoms with van der Waals surface area (Å²) in [5.74, 6) is 0.496. The summed E-state index contributed by atoms with van der Waals surface area (Å²) in [7, 11) is -1.55. The minimum Gasteiger partial charge on any atom is -0.490 e. The van der Waals surface area contributed by atoms with E-state index in [1.807, 2.05) is 6.07 Å². The van der Waals surface area contributed by atoms with Gasteiger partial charge < -0.3 is 14.8 Å². The fourth-order valence-corrected chi connectivity index (χ4v) is 1.80. The molecular formula is C9H10BN3O3. The second kappa shape index (κ2) is 4.44. The van der Waals surface area contributed by atoms with Gasteiger partial charge in [-0.05, 0) is 11.1 Å². The standard InChI is InChI=1S/C9H10BN3O3/c11-13-12-5-7-4-6-2-1-3-8(10(14)15)9(6)16-7/h1-3,7,14-15H,4-5H2. The monoisotopic (exact) mass is 219 g/mol. The van der Waals surface area contributed by atoms with Crippen LogP contribution in [0.15, 0.2) is 23.3 Å². The molecule has 0 spiro atoms. The Labute approximate surface area is 92.2 Å². The van der Waals surface area contributed by atoms with Crippen molar-refractivity contribution in [2.45, 2.75) is 12.5 Å². The highest BCUT2D eigenvalue weighted by atomic mass is 16.5. The van der Waals surface area contributed by atoms with Gasteiger partial charge in [0.1, 0.15) is 11.9 Å². The van der Waals surface area contributed by atoms with Gasteiger partial charge in [0.25, 0.3) is 0 Å². The van der Waals surface area contributed by atoms with Crippen molar-refractivity contribution in [1.29, 1.82) is 0 Å². The molecule has 1 aromatic carbocycles. The van der Waals surface area contributed by atoms with Crippen LogP contribution in [0.2, 0.25) is 0 Å². The molecule has 2 rings (SSSR count). The fourth-order valence-electron chi connectivity index (χ4n) is 1.80. The Bertz CT molecular complexity index is 446. The predicted molar refractivity (Wildman–Crippen MR) is 58.4 cm³/mol. The van der Waals surface area contributed by atoms with Gasteiger partial charge in [-0.25, -0.2) is 0 Å². The van der Waals surface area contributed by atoms with Crippen LogP contribution in [-0.4, -0.2) is 29.8 Å². The maximum Gasteiger partial charge on any atom is 0.492 e. The van der Waals surface area contributed by atoms with Crippen molar-refractivity contribution in [3.8, 4) is 5.75 Å². The summed E-state index contributed by atoms with van der Waals surface area (Å²) in [6, 6.07) is 5.20. The Hall–Kier alpha value is -1.69. The largest absolute Gasteiger partial charge is 0.492 e. The Kier molecular flexibility index (Phi) is 3.01. The second-order valence-corrected chi connectivity index (χ2v) is 3.57. The van der Waals surface area contributed by atoms with Gasteiger partial charge in [0.05, 0.1) is 6.54 Å². The molecule has 0 bridgehead atoms. The summed E-state index contributed by atoms with van der Waals surface area (Å²) in [5, 5.41) is 21.7. The van der Waals surface area contributed by atoms with Crippen LogP contribution in [0.5, 0.6) is 5.75 Å². The summed E-state index contributed by atoms with van der Waals surface area (Å²) < 4.78 is 5.52. The molecule has 1 aromatic rings. The van der Waals surface area contributed by atoms with Gasteiger partial charge in [0, 0.05) is 16.8 Å². The number of hydrogen-bond donors (Lipinski definition) is 2. The number of para-hydroxylation sites is 1. The zero-order valence-corrected chi connectivity index (χ0v) is 8.45. The van der Waals surface area contributed by atoms with Gasteiger partial charge in [-0.3, -0.25) is 0 Å². The van der Waals surface area contributed by atoms with Gasteiger partial charge in [-0.15, -0.1) is 0 Å². The number of rotatable bonds is 3. The molecule has 1 heterocycles. The lowest BCUT2D eigenvalue weighted by Gasteiger charge is -2.09. The van der Waals surface area contributed by atoms with Crippen LogP contribution in [-0.2, 0) is 6.42 Å². The lowest BCUT2D eigenvalue weighted by molar-refractivity contribution is 0.242. The Morgan fingerprint density at radius 2 is 2.38 bits per heavy atom. The first-order valence-electron chi connectivity index (χ1n) is 4.88. The Balaban J connectivity index is 2.23. The number of benzene rings is 1. The van der Waals surface area contributed by atoms with E-state index in [0.717, 1.165) is 5.56 Å². The second-order valence-electron chi connectivity index (χ2n) is 3.57. The highest BCUT2D eigenvalue weighted by Gasteiger charge is 2.28. The van der Waals surface area contributed by atoms with Gasteiger partial charge in [-0.2, -0.15) is 0 Å². The predicted octanol–water partition coefficient (Wildman–Crippen LogP) is -0.0198. The quantitative estimate of drug-likeness (QED) is 0.323. The van der Waals surface area contributed by atoms with Gasteiger partial charge >= 0.3 is 7.12 Å². The molecule has 0 aliphatic carbocycles. The van der Waals surface area contributed by atoms with E-state index in [9.17, 15) is 0 Å². The molecule has 1 atom stereocenters. The minimum atomic E-state index is -1.55. The summed E-state index contributed by atoms with van der Waals surface area (Å²) in [5.41, 5.74) is 9.46. The van der Waals surface area contributed by atoms with Crippen molar-refractivity contribution >= 4 is 12.6 Å². The molecule has 0 saturated carbocycles. The van der Waals surface area contributed by atoms with Gasteiger partial charge in [0.2, 0.25) is 0 Å². The zero-order valence-electron chi connectivity index (χ0n) is 8.45. The molecule has 1 aliphatic rings. The van der Waals surface area contributed by atoms with E-state index in [2.05, 4.69) is 10.0 Å². The van der Waals surface area contributed by atoms with Crippen LogP contribution in [0.3, 0.4) is 0 Å². The molecule has 7 heteroatoms. The van der Waals surface area contributed by atoms with Crippen LogP contribution in [0.25, 0.3) is 10.4 Å². The highest BCUT2D eigenvalue weighted by molar-refractivity contribution is 6.59. The Morgan fingerprint density at radius 1 is 1.56 bits per heavy atom. The van der Waals surface area contributed by atoms with Crippen molar-refractivity contribution in [1.82, 2.24) is 0 Å².